The molecule has 3 N–H and O–H groups in total. The minimum atomic E-state index is -1.10. The van der Waals surface area contributed by atoms with Gasteiger partial charge in [-0.05, 0) is 91.5 Å². The molecule has 0 bridgehead atoms. The van der Waals surface area contributed by atoms with E-state index < -0.39 is 28.7 Å². The molecule has 2 aliphatic heterocycles. The van der Waals surface area contributed by atoms with Crippen molar-refractivity contribution in [3.63, 3.8) is 0 Å². The van der Waals surface area contributed by atoms with Gasteiger partial charge in [0, 0.05) is 11.0 Å². The van der Waals surface area contributed by atoms with Gasteiger partial charge in [-0.15, -0.1) is 0 Å². The number of carbonyl (C=O) groups excluding carboxylic acids is 2. The molecule has 0 aromatic heterocycles. The zero-order valence-corrected chi connectivity index (χ0v) is 26.1. The van der Waals surface area contributed by atoms with Crippen LogP contribution in [0.5, 0.6) is 28.7 Å². The first-order valence-electron chi connectivity index (χ1n) is 14.6. The molecule has 0 saturated carbocycles. The lowest BCUT2D eigenvalue weighted by Gasteiger charge is -2.37. The van der Waals surface area contributed by atoms with E-state index in [1.54, 1.807) is 26.0 Å². The summed E-state index contributed by atoms with van der Waals surface area (Å²) in [4.78, 5) is 27.1. The Morgan fingerprint density at radius 2 is 1.58 bits per heavy atom. The maximum absolute atomic E-state index is 13.8. The second-order valence-corrected chi connectivity index (χ2v) is 13.3. The average Bonchev–Trinajstić information content (AvgIpc) is 2.89. The fraction of sp³-hybridized carbons (Fsp3) is 0.389. The highest BCUT2D eigenvalue weighted by Crippen LogP contribution is 2.54. The van der Waals surface area contributed by atoms with E-state index in [4.69, 9.17) is 9.47 Å². The number of phenolic OH excluding ortho intramolecular Hbond substituents is 3. The summed E-state index contributed by atoms with van der Waals surface area (Å²) >= 11 is 0. The van der Waals surface area contributed by atoms with E-state index in [0.717, 1.165) is 16.7 Å². The number of rotatable bonds is 5. The van der Waals surface area contributed by atoms with E-state index in [2.05, 4.69) is 6.08 Å². The number of ether oxygens (including phenoxy) is 2. The highest BCUT2D eigenvalue weighted by Gasteiger charge is 2.42. The molecule has 5 rings (SSSR count). The number of hydrogen-bond acceptors (Lipinski definition) is 7. The third-order valence-electron chi connectivity index (χ3n) is 8.48. The average molecular weight is 585 g/mol. The van der Waals surface area contributed by atoms with E-state index >= 15 is 0 Å². The lowest BCUT2D eigenvalue weighted by atomic mass is 9.76. The van der Waals surface area contributed by atoms with Gasteiger partial charge >= 0.3 is 0 Å². The number of phenols is 3. The summed E-state index contributed by atoms with van der Waals surface area (Å²) in [7, 11) is 0. The van der Waals surface area contributed by atoms with Crippen LogP contribution in [0, 0.1) is 5.41 Å². The van der Waals surface area contributed by atoms with Crippen LogP contribution in [0.3, 0.4) is 0 Å². The number of allylic oxidation sites excluding steroid dienone is 5. The van der Waals surface area contributed by atoms with E-state index in [-0.39, 0.29) is 46.1 Å². The van der Waals surface area contributed by atoms with Crippen LogP contribution >= 0.6 is 0 Å². The van der Waals surface area contributed by atoms with Crippen molar-refractivity contribution >= 4 is 23.7 Å². The Kier molecular flexibility index (Phi) is 7.36. The quantitative estimate of drug-likeness (QED) is 0.304. The molecule has 0 amide bonds. The van der Waals surface area contributed by atoms with Gasteiger partial charge in [-0.2, -0.15) is 0 Å². The van der Waals surface area contributed by atoms with E-state index in [0.29, 0.717) is 35.3 Å². The molecule has 226 valence electrons. The molecule has 43 heavy (non-hydrogen) atoms. The predicted octanol–water partition coefficient (Wildman–Crippen LogP) is 8.17. The number of fused-ring (bicyclic) bond motifs is 3. The molecule has 0 fully saturated rings. The Bertz CT molecular complexity index is 1690. The Morgan fingerprint density at radius 1 is 0.930 bits per heavy atom. The van der Waals surface area contributed by atoms with Crippen molar-refractivity contribution in [3.8, 4) is 28.7 Å². The SMILES string of the molecule is CC(C)=CCC1=Cc2c(O)c3c(c(CC=C(C)C)c2OC1(C)C)O[C@H](c1c(O)cc2c(c1O)C(=O)C(C)(C)C=C2)CC3=O. The Balaban J connectivity index is 1.70. The molecule has 0 spiro atoms. The van der Waals surface area contributed by atoms with Crippen molar-refractivity contribution in [3.05, 3.63) is 74.4 Å². The monoisotopic (exact) mass is 584 g/mol. The van der Waals surface area contributed by atoms with Gasteiger partial charge in [0.25, 0.3) is 0 Å². The van der Waals surface area contributed by atoms with Crippen molar-refractivity contribution in [1.29, 1.82) is 0 Å². The minimum Gasteiger partial charge on any atom is -0.507 e. The van der Waals surface area contributed by atoms with Gasteiger partial charge in [-0.1, -0.05) is 35.5 Å². The standard InChI is InChI=1S/C36H40O7/c1-18(2)9-11-21-16-23-30(39)29-25(38)17-26(42-33(29)22(12-10-19(3)4)32(23)43-36(21,7)8)28-24(37)15-20-13-14-35(5,6)34(41)27(20)31(28)40/h9-10,13-16,26,37,39-40H,11-12,17H2,1-8H3/t26-/m0/s1. The maximum Gasteiger partial charge on any atom is 0.176 e. The molecular weight excluding hydrogens is 544 g/mol. The van der Waals surface area contributed by atoms with Gasteiger partial charge in [0.2, 0.25) is 0 Å². The molecule has 2 aromatic carbocycles. The van der Waals surface area contributed by atoms with E-state index in [1.165, 1.54) is 6.07 Å². The van der Waals surface area contributed by atoms with Crippen molar-refractivity contribution in [2.45, 2.75) is 86.4 Å². The first kappa shape index (κ1) is 30.2. The molecule has 2 aromatic rings. The van der Waals surface area contributed by atoms with Crippen molar-refractivity contribution < 1.29 is 34.4 Å². The second-order valence-electron chi connectivity index (χ2n) is 13.3. The summed E-state index contributed by atoms with van der Waals surface area (Å²) in [6.07, 6.45) is 9.05. The molecule has 0 radical (unpaired) electrons. The number of aromatic hydroxyl groups is 3. The van der Waals surface area contributed by atoms with Crippen LogP contribution in [0.15, 0.2) is 41.0 Å². The lowest BCUT2D eigenvalue weighted by molar-refractivity contribution is 0.0832. The van der Waals surface area contributed by atoms with Gasteiger partial charge in [-0.3, -0.25) is 9.59 Å². The van der Waals surface area contributed by atoms with Gasteiger partial charge < -0.3 is 24.8 Å². The minimum absolute atomic E-state index is 0.0345. The van der Waals surface area contributed by atoms with Crippen molar-refractivity contribution in [1.82, 2.24) is 0 Å². The third kappa shape index (κ3) is 5.15. The lowest BCUT2D eigenvalue weighted by Crippen LogP contribution is -2.34. The topological polar surface area (TPSA) is 113 Å². The van der Waals surface area contributed by atoms with Crippen LogP contribution < -0.4 is 9.47 Å². The van der Waals surface area contributed by atoms with Crippen molar-refractivity contribution in [2.75, 3.05) is 0 Å². The molecule has 1 atom stereocenters. The summed E-state index contributed by atoms with van der Waals surface area (Å²) in [5.41, 5.74) is 3.12. The van der Waals surface area contributed by atoms with E-state index in [9.17, 15) is 24.9 Å². The molecule has 7 nitrogen and oxygen atoms in total. The van der Waals surface area contributed by atoms with Crippen LogP contribution in [-0.2, 0) is 6.42 Å². The zero-order chi connectivity index (χ0) is 31.6. The first-order valence-corrected chi connectivity index (χ1v) is 14.6. The summed E-state index contributed by atoms with van der Waals surface area (Å²) in [5.74, 6) is -1.04. The number of hydrogen-bond donors (Lipinski definition) is 3. The normalized spacial score (nSPS) is 19.3. The number of carbonyl (C=O) groups is 2. The summed E-state index contributed by atoms with van der Waals surface area (Å²) in [6, 6.07) is 1.41. The van der Waals surface area contributed by atoms with Gasteiger partial charge in [0.15, 0.2) is 11.6 Å². The third-order valence-corrected chi connectivity index (χ3v) is 8.48. The fourth-order valence-electron chi connectivity index (χ4n) is 5.87. The van der Waals surface area contributed by atoms with Gasteiger partial charge in [0.1, 0.15) is 46.0 Å². The van der Waals surface area contributed by atoms with Gasteiger partial charge in [-0.25, -0.2) is 0 Å². The van der Waals surface area contributed by atoms with Crippen LogP contribution in [0.1, 0.15) is 117 Å². The first-order chi connectivity index (χ1) is 20.0. The smallest absolute Gasteiger partial charge is 0.176 e. The zero-order valence-electron chi connectivity index (χ0n) is 26.1. The summed E-state index contributed by atoms with van der Waals surface area (Å²) < 4.78 is 13.0. The van der Waals surface area contributed by atoms with Crippen molar-refractivity contribution in [2.24, 2.45) is 5.41 Å². The maximum atomic E-state index is 13.8. The van der Waals surface area contributed by atoms with Crippen LogP contribution in [-0.4, -0.2) is 32.5 Å². The number of benzene rings is 2. The molecular formula is C36H40O7. The van der Waals surface area contributed by atoms with E-state index in [1.807, 2.05) is 53.7 Å². The second kappa shape index (κ2) is 10.5. The van der Waals surface area contributed by atoms with Crippen LogP contribution in [0.2, 0.25) is 0 Å². The van der Waals surface area contributed by atoms with Crippen LogP contribution in [0.25, 0.3) is 12.2 Å². The highest BCUT2D eigenvalue weighted by atomic mass is 16.5. The molecule has 1 aliphatic carbocycles. The molecule has 0 saturated heterocycles. The Hall–Kier alpha value is -4.26. The molecule has 2 heterocycles. The molecule has 3 aliphatic rings. The fourth-order valence-corrected chi connectivity index (χ4v) is 5.87. The highest BCUT2D eigenvalue weighted by molar-refractivity contribution is 6.09. The predicted molar refractivity (Wildman–Crippen MR) is 167 cm³/mol. The molecule has 7 heteroatoms. The van der Waals surface area contributed by atoms with Crippen LogP contribution in [0.4, 0.5) is 0 Å². The largest absolute Gasteiger partial charge is 0.507 e. The van der Waals surface area contributed by atoms with Gasteiger partial charge in [0.05, 0.1) is 23.1 Å². The molecule has 0 unspecified atom stereocenters. The Labute approximate surface area is 252 Å². The number of ketones is 2. The number of Topliss-reactive ketones (excluding diaryl/α,β-unsaturated/α-hetero) is 2. The summed E-state index contributed by atoms with van der Waals surface area (Å²) in [6.45, 7) is 15.4. The summed E-state index contributed by atoms with van der Waals surface area (Å²) in [5, 5.41) is 33.9. The Morgan fingerprint density at radius 3 is 2.23 bits per heavy atom.